The number of nitro groups is 1. The first kappa shape index (κ1) is 13.6. The molecule has 0 saturated carbocycles. The average Bonchev–Trinajstić information content (AvgIpc) is 2.20. The summed E-state index contributed by atoms with van der Waals surface area (Å²) in [6.45, 7) is 1.92. The van der Waals surface area contributed by atoms with E-state index >= 15 is 0 Å². The van der Waals surface area contributed by atoms with Crippen molar-refractivity contribution in [3.63, 3.8) is 0 Å². The van der Waals surface area contributed by atoms with E-state index in [9.17, 15) is 14.9 Å². The van der Waals surface area contributed by atoms with Gasteiger partial charge in [-0.05, 0) is 18.0 Å². The molecule has 0 unspecified atom stereocenters. The fourth-order valence-electron chi connectivity index (χ4n) is 0.746. The van der Waals surface area contributed by atoms with Crippen molar-refractivity contribution < 1.29 is 9.72 Å². The Morgan fingerprint density at radius 1 is 1.40 bits per heavy atom. The molecule has 0 atom stereocenters. The fourth-order valence-corrected chi connectivity index (χ4v) is 0.935. The number of non-ortho nitro benzene ring substituents is 1. The van der Waals surface area contributed by atoms with E-state index in [-0.39, 0.29) is 10.9 Å². The maximum atomic E-state index is 10.0. The van der Waals surface area contributed by atoms with Crippen molar-refractivity contribution in [3.05, 3.63) is 40.4 Å². The summed E-state index contributed by atoms with van der Waals surface area (Å²) in [7, 11) is 0. The minimum absolute atomic E-state index is 0.137. The summed E-state index contributed by atoms with van der Waals surface area (Å²) in [5.41, 5.74) is 0.137. The van der Waals surface area contributed by atoms with Gasteiger partial charge in [0.25, 0.3) is 5.69 Å². The zero-order valence-corrected chi connectivity index (χ0v) is 9.11. The van der Waals surface area contributed by atoms with Gasteiger partial charge in [0.15, 0.2) is 0 Å². The molecular weight excluding hydrogens is 218 g/mol. The lowest BCUT2D eigenvalue weighted by atomic mass is 10.3. The highest BCUT2D eigenvalue weighted by atomic mass is 35.5. The maximum Gasteiger partial charge on any atom is 0.269 e. The molecule has 82 valence electrons. The standard InChI is InChI=1S/C6H5NO2.C4H7ClO/c8-7(9)6-4-2-1-3-5-6;1-2-3-4(5)6/h1-5H;2-3H2,1H3. The van der Waals surface area contributed by atoms with Crippen molar-refractivity contribution in [2.75, 3.05) is 0 Å². The van der Waals surface area contributed by atoms with Crippen molar-refractivity contribution in [1.82, 2.24) is 0 Å². The number of nitro benzene ring substituents is 1. The Hall–Kier alpha value is -1.42. The number of halogens is 1. The first-order valence-corrected chi connectivity index (χ1v) is 4.83. The number of benzene rings is 1. The third kappa shape index (κ3) is 7.64. The van der Waals surface area contributed by atoms with Gasteiger partial charge >= 0.3 is 0 Å². The normalized spacial score (nSPS) is 8.67. The maximum absolute atomic E-state index is 10.0. The summed E-state index contributed by atoms with van der Waals surface area (Å²) in [6, 6.07) is 7.93. The monoisotopic (exact) mass is 229 g/mol. The lowest BCUT2D eigenvalue weighted by Gasteiger charge is -1.85. The van der Waals surface area contributed by atoms with Crippen LogP contribution in [0.4, 0.5) is 5.69 Å². The molecule has 0 heterocycles. The van der Waals surface area contributed by atoms with E-state index in [0.717, 1.165) is 6.42 Å². The van der Waals surface area contributed by atoms with Gasteiger partial charge in [-0.3, -0.25) is 14.9 Å². The smallest absolute Gasteiger partial charge is 0.269 e. The Kier molecular flexibility index (Phi) is 7.18. The molecule has 1 rings (SSSR count). The molecule has 0 aliphatic rings. The highest BCUT2D eigenvalue weighted by molar-refractivity contribution is 6.63. The molecule has 0 fully saturated rings. The summed E-state index contributed by atoms with van der Waals surface area (Å²) in [5.74, 6) is 0. The molecule has 0 aromatic heterocycles. The van der Waals surface area contributed by atoms with Crippen LogP contribution in [0.5, 0.6) is 0 Å². The average molecular weight is 230 g/mol. The number of nitrogens with zero attached hydrogens (tertiary/aromatic N) is 1. The second-order valence-corrected chi connectivity index (χ2v) is 3.12. The van der Waals surface area contributed by atoms with Crippen LogP contribution in [0.15, 0.2) is 30.3 Å². The van der Waals surface area contributed by atoms with E-state index in [4.69, 9.17) is 11.6 Å². The summed E-state index contributed by atoms with van der Waals surface area (Å²) < 4.78 is 0. The van der Waals surface area contributed by atoms with Gasteiger partial charge in [-0.1, -0.05) is 25.1 Å². The highest BCUT2D eigenvalue weighted by Crippen LogP contribution is 2.06. The van der Waals surface area contributed by atoms with Gasteiger partial charge in [0.1, 0.15) is 0 Å². The number of carbonyl (C=O) groups excluding carboxylic acids is 1. The van der Waals surface area contributed by atoms with E-state index in [2.05, 4.69) is 0 Å². The van der Waals surface area contributed by atoms with Crippen molar-refractivity contribution in [2.45, 2.75) is 19.8 Å². The van der Waals surface area contributed by atoms with Crippen molar-refractivity contribution in [2.24, 2.45) is 0 Å². The van der Waals surface area contributed by atoms with E-state index in [1.807, 2.05) is 6.92 Å². The van der Waals surface area contributed by atoms with E-state index < -0.39 is 4.92 Å². The van der Waals surface area contributed by atoms with Crippen LogP contribution in [0.25, 0.3) is 0 Å². The van der Waals surface area contributed by atoms with Gasteiger partial charge in [-0.25, -0.2) is 0 Å². The zero-order valence-electron chi connectivity index (χ0n) is 8.35. The van der Waals surface area contributed by atoms with Gasteiger partial charge in [0.05, 0.1) is 4.92 Å². The van der Waals surface area contributed by atoms with Gasteiger partial charge in [0.2, 0.25) is 5.24 Å². The number of rotatable bonds is 3. The number of carbonyl (C=O) groups is 1. The van der Waals surface area contributed by atoms with Crippen LogP contribution < -0.4 is 0 Å². The first-order valence-electron chi connectivity index (χ1n) is 4.45. The molecule has 15 heavy (non-hydrogen) atoms. The van der Waals surface area contributed by atoms with Crippen molar-refractivity contribution >= 4 is 22.5 Å². The van der Waals surface area contributed by atoms with Gasteiger partial charge in [-0.2, -0.15) is 0 Å². The predicted octanol–water partition coefficient (Wildman–Crippen LogP) is 3.15. The Bertz CT molecular complexity index is 314. The quantitative estimate of drug-likeness (QED) is 0.454. The first-order chi connectivity index (χ1) is 7.07. The number of para-hydroxylation sites is 1. The molecular formula is C10H12ClNO3. The number of hydrogen-bond acceptors (Lipinski definition) is 3. The molecule has 1 aromatic rings. The van der Waals surface area contributed by atoms with Crippen LogP contribution in [-0.4, -0.2) is 10.2 Å². The van der Waals surface area contributed by atoms with Crippen LogP contribution in [-0.2, 0) is 4.79 Å². The predicted molar refractivity (Wildman–Crippen MR) is 58.9 cm³/mol. The minimum Gasteiger partial charge on any atom is -0.281 e. The molecule has 0 spiro atoms. The number of hydrogen-bond donors (Lipinski definition) is 0. The van der Waals surface area contributed by atoms with E-state index in [1.54, 1.807) is 18.2 Å². The minimum atomic E-state index is -0.417. The van der Waals surface area contributed by atoms with Gasteiger partial charge < -0.3 is 0 Å². The van der Waals surface area contributed by atoms with Crippen LogP contribution in [0.3, 0.4) is 0 Å². The molecule has 0 radical (unpaired) electrons. The van der Waals surface area contributed by atoms with Crippen molar-refractivity contribution in [3.8, 4) is 0 Å². The molecule has 1 aromatic carbocycles. The molecule has 0 aliphatic heterocycles. The summed E-state index contributed by atoms with van der Waals surface area (Å²) in [5, 5.41) is 9.77. The van der Waals surface area contributed by atoms with Crippen molar-refractivity contribution in [1.29, 1.82) is 0 Å². The third-order valence-electron chi connectivity index (χ3n) is 1.41. The Morgan fingerprint density at radius 3 is 2.13 bits per heavy atom. The van der Waals surface area contributed by atoms with Gasteiger partial charge in [0, 0.05) is 18.6 Å². The van der Waals surface area contributed by atoms with E-state index in [1.165, 1.54) is 12.1 Å². The van der Waals surface area contributed by atoms with Crippen LogP contribution in [0, 0.1) is 10.1 Å². The summed E-state index contributed by atoms with van der Waals surface area (Å²) in [4.78, 5) is 19.4. The van der Waals surface area contributed by atoms with Crippen LogP contribution >= 0.6 is 11.6 Å². The topological polar surface area (TPSA) is 60.2 Å². The molecule has 0 aliphatic carbocycles. The molecule has 0 bridgehead atoms. The Balaban J connectivity index is 0.000000288. The highest BCUT2D eigenvalue weighted by Gasteiger charge is 1.98. The Labute approximate surface area is 93.0 Å². The lowest BCUT2D eigenvalue weighted by Crippen LogP contribution is -1.84. The van der Waals surface area contributed by atoms with E-state index in [0.29, 0.717) is 6.42 Å². The molecule has 5 heteroatoms. The second kappa shape index (κ2) is 7.94. The molecule has 0 saturated heterocycles. The summed E-state index contributed by atoms with van der Waals surface area (Å²) in [6.07, 6.45) is 1.35. The molecule has 0 amide bonds. The molecule has 0 N–H and O–H groups in total. The summed E-state index contributed by atoms with van der Waals surface area (Å²) >= 11 is 4.94. The SMILES string of the molecule is CCCC(=O)Cl.O=[N+]([O-])c1ccccc1. The lowest BCUT2D eigenvalue weighted by molar-refractivity contribution is -0.384. The van der Waals surface area contributed by atoms with Crippen LogP contribution in [0.2, 0.25) is 0 Å². The second-order valence-electron chi connectivity index (χ2n) is 2.70. The Morgan fingerprint density at radius 2 is 1.93 bits per heavy atom. The largest absolute Gasteiger partial charge is 0.281 e. The fraction of sp³-hybridized carbons (Fsp3) is 0.300. The third-order valence-corrected chi connectivity index (χ3v) is 1.60. The molecule has 4 nitrogen and oxygen atoms in total. The van der Waals surface area contributed by atoms with Gasteiger partial charge in [-0.15, -0.1) is 0 Å². The zero-order chi connectivity index (χ0) is 11.7. The van der Waals surface area contributed by atoms with Crippen LogP contribution in [0.1, 0.15) is 19.8 Å².